The summed E-state index contributed by atoms with van der Waals surface area (Å²) >= 11 is 7.43. The van der Waals surface area contributed by atoms with Crippen LogP contribution in [0.25, 0.3) is 0 Å². The van der Waals surface area contributed by atoms with Crippen molar-refractivity contribution in [3.8, 4) is 0 Å². The highest BCUT2D eigenvalue weighted by atomic mass is 35.5. The molecule has 1 amide bonds. The van der Waals surface area contributed by atoms with E-state index in [4.69, 9.17) is 11.6 Å². The third kappa shape index (κ3) is 3.52. The van der Waals surface area contributed by atoms with Crippen LogP contribution in [0.4, 0.5) is 0 Å². The molecule has 0 radical (unpaired) electrons. The fourth-order valence-corrected chi connectivity index (χ4v) is 2.67. The van der Waals surface area contributed by atoms with Crippen LogP contribution in [0.5, 0.6) is 0 Å². The van der Waals surface area contributed by atoms with Crippen LogP contribution in [0, 0.1) is 0 Å². The van der Waals surface area contributed by atoms with Crippen LogP contribution in [0.1, 0.15) is 10.4 Å². The zero-order valence-electron chi connectivity index (χ0n) is 10.8. The molecule has 2 rings (SSSR count). The molecule has 0 fully saturated rings. The minimum absolute atomic E-state index is 0.0112. The van der Waals surface area contributed by atoms with E-state index in [1.54, 1.807) is 30.8 Å². The summed E-state index contributed by atoms with van der Waals surface area (Å²) in [5.41, 5.74) is 0.715. The molecule has 0 saturated heterocycles. The number of benzene rings is 2. The lowest BCUT2D eigenvalue weighted by atomic mass is 10.2. The van der Waals surface area contributed by atoms with Gasteiger partial charge in [-0.15, -0.1) is 0 Å². The Morgan fingerprint density at radius 3 is 2.32 bits per heavy atom. The van der Waals surface area contributed by atoms with Gasteiger partial charge < -0.3 is 4.90 Å². The Balaban J connectivity index is 2.30. The number of amides is 1. The van der Waals surface area contributed by atoms with E-state index in [1.807, 2.05) is 48.5 Å². The number of halogens is 1. The molecule has 0 atom stereocenters. The standard InChI is InChI=1S/C15H14ClNOS/c1-17(2)15(18)13-5-3-4-6-14(13)19-12-9-7-11(16)8-10-12/h3-10H,1-2H3. The maximum absolute atomic E-state index is 12.1. The van der Waals surface area contributed by atoms with Gasteiger partial charge in [-0.1, -0.05) is 35.5 Å². The van der Waals surface area contributed by atoms with Crippen molar-refractivity contribution in [1.29, 1.82) is 0 Å². The number of nitrogens with zero attached hydrogens (tertiary/aromatic N) is 1. The van der Waals surface area contributed by atoms with Crippen molar-refractivity contribution in [1.82, 2.24) is 4.90 Å². The Kier molecular flexibility index (Phi) is 4.51. The number of hydrogen-bond acceptors (Lipinski definition) is 2. The molecule has 2 nitrogen and oxygen atoms in total. The summed E-state index contributed by atoms with van der Waals surface area (Å²) in [5, 5.41) is 0.710. The number of carbonyl (C=O) groups excluding carboxylic acids is 1. The van der Waals surface area contributed by atoms with E-state index in [2.05, 4.69) is 0 Å². The van der Waals surface area contributed by atoms with Gasteiger partial charge in [-0.2, -0.15) is 0 Å². The molecule has 0 aliphatic heterocycles. The summed E-state index contributed by atoms with van der Waals surface area (Å²) < 4.78 is 0. The van der Waals surface area contributed by atoms with Crippen molar-refractivity contribution in [2.75, 3.05) is 14.1 Å². The topological polar surface area (TPSA) is 20.3 Å². The lowest BCUT2D eigenvalue weighted by molar-refractivity contribution is 0.0824. The van der Waals surface area contributed by atoms with Gasteiger partial charge in [0.05, 0.1) is 5.56 Å². The van der Waals surface area contributed by atoms with E-state index in [0.29, 0.717) is 10.6 Å². The largest absolute Gasteiger partial charge is 0.345 e. The van der Waals surface area contributed by atoms with E-state index >= 15 is 0 Å². The zero-order chi connectivity index (χ0) is 13.8. The number of rotatable bonds is 3. The lowest BCUT2D eigenvalue weighted by Crippen LogP contribution is -2.22. The lowest BCUT2D eigenvalue weighted by Gasteiger charge is -2.13. The van der Waals surface area contributed by atoms with Crippen LogP contribution in [0.15, 0.2) is 58.3 Å². The van der Waals surface area contributed by atoms with Crippen LogP contribution >= 0.6 is 23.4 Å². The van der Waals surface area contributed by atoms with Gasteiger partial charge >= 0.3 is 0 Å². The van der Waals surface area contributed by atoms with Crippen molar-refractivity contribution >= 4 is 29.3 Å². The second kappa shape index (κ2) is 6.13. The highest BCUT2D eigenvalue weighted by molar-refractivity contribution is 7.99. The van der Waals surface area contributed by atoms with Crippen molar-refractivity contribution in [2.24, 2.45) is 0 Å². The third-order valence-electron chi connectivity index (χ3n) is 2.57. The average Bonchev–Trinajstić information content (AvgIpc) is 2.41. The minimum atomic E-state index is 0.0112. The molecule has 0 saturated carbocycles. The molecule has 0 aromatic heterocycles. The maximum Gasteiger partial charge on any atom is 0.254 e. The highest BCUT2D eigenvalue weighted by Crippen LogP contribution is 2.31. The second-order valence-electron chi connectivity index (χ2n) is 4.25. The average molecular weight is 292 g/mol. The van der Waals surface area contributed by atoms with E-state index in [9.17, 15) is 4.79 Å². The third-order valence-corrected chi connectivity index (χ3v) is 3.90. The Labute approximate surface area is 122 Å². The normalized spacial score (nSPS) is 10.3. The van der Waals surface area contributed by atoms with Crippen molar-refractivity contribution in [3.05, 3.63) is 59.1 Å². The van der Waals surface area contributed by atoms with Gasteiger partial charge in [0.2, 0.25) is 0 Å². The van der Waals surface area contributed by atoms with Crippen LogP contribution in [-0.2, 0) is 0 Å². The summed E-state index contributed by atoms with van der Waals surface area (Å²) in [6, 6.07) is 15.2. The summed E-state index contributed by atoms with van der Waals surface area (Å²) in [7, 11) is 3.51. The van der Waals surface area contributed by atoms with Gasteiger partial charge in [-0.25, -0.2) is 0 Å². The molecular weight excluding hydrogens is 278 g/mol. The molecule has 0 spiro atoms. The molecule has 19 heavy (non-hydrogen) atoms. The molecule has 4 heteroatoms. The van der Waals surface area contributed by atoms with Gasteiger partial charge in [-0.05, 0) is 36.4 Å². The van der Waals surface area contributed by atoms with E-state index in [-0.39, 0.29) is 5.91 Å². The molecule has 0 heterocycles. The van der Waals surface area contributed by atoms with Gasteiger partial charge in [0.25, 0.3) is 5.91 Å². The Bertz CT molecular complexity index is 581. The molecule has 0 unspecified atom stereocenters. The smallest absolute Gasteiger partial charge is 0.254 e. The summed E-state index contributed by atoms with van der Waals surface area (Å²) in [5.74, 6) is 0.0112. The number of carbonyl (C=O) groups is 1. The van der Waals surface area contributed by atoms with E-state index in [0.717, 1.165) is 9.79 Å². The first-order chi connectivity index (χ1) is 9.08. The van der Waals surface area contributed by atoms with Gasteiger partial charge in [-0.3, -0.25) is 4.79 Å². The Hall–Kier alpha value is -1.45. The summed E-state index contributed by atoms with van der Waals surface area (Å²) in [4.78, 5) is 15.7. The quantitative estimate of drug-likeness (QED) is 0.845. The highest BCUT2D eigenvalue weighted by Gasteiger charge is 2.13. The van der Waals surface area contributed by atoms with Gasteiger partial charge in [0.15, 0.2) is 0 Å². The van der Waals surface area contributed by atoms with Gasteiger partial charge in [0, 0.05) is 28.9 Å². The molecule has 0 N–H and O–H groups in total. The molecule has 0 bridgehead atoms. The monoisotopic (exact) mass is 291 g/mol. The zero-order valence-corrected chi connectivity index (χ0v) is 12.3. The maximum atomic E-state index is 12.1. The molecular formula is C15H14ClNOS. The first-order valence-corrected chi connectivity index (χ1v) is 7.01. The van der Waals surface area contributed by atoms with E-state index < -0.39 is 0 Å². The minimum Gasteiger partial charge on any atom is -0.345 e. The van der Waals surface area contributed by atoms with Crippen LogP contribution in [0.2, 0.25) is 5.02 Å². The predicted molar refractivity (Wildman–Crippen MR) is 80.0 cm³/mol. The molecule has 2 aromatic rings. The van der Waals surface area contributed by atoms with Crippen LogP contribution in [0.3, 0.4) is 0 Å². The SMILES string of the molecule is CN(C)C(=O)c1ccccc1Sc1ccc(Cl)cc1. The fraction of sp³-hybridized carbons (Fsp3) is 0.133. The molecule has 0 aliphatic rings. The predicted octanol–water partition coefficient (Wildman–Crippen LogP) is 4.19. The number of hydrogen-bond donors (Lipinski definition) is 0. The Morgan fingerprint density at radius 1 is 1.05 bits per heavy atom. The van der Waals surface area contributed by atoms with Gasteiger partial charge in [0.1, 0.15) is 0 Å². The van der Waals surface area contributed by atoms with Crippen LogP contribution in [-0.4, -0.2) is 24.9 Å². The van der Waals surface area contributed by atoms with Crippen molar-refractivity contribution in [2.45, 2.75) is 9.79 Å². The summed E-state index contributed by atoms with van der Waals surface area (Å²) in [6.45, 7) is 0. The molecule has 98 valence electrons. The molecule has 2 aromatic carbocycles. The van der Waals surface area contributed by atoms with Crippen molar-refractivity contribution in [3.63, 3.8) is 0 Å². The van der Waals surface area contributed by atoms with Crippen LogP contribution < -0.4 is 0 Å². The first kappa shape index (κ1) is 14.0. The molecule has 0 aliphatic carbocycles. The fourth-order valence-electron chi connectivity index (χ4n) is 1.60. The van der Waals surface area contributed by atoms with E-state index in [1.165, 1.54) is 0 Å². The van der Waals surface area contributed by atoms with Crippen molar-refractivity contribution < 1.29 is 4.79 Å². The second-order valence-corrected chi connectivity index (χ2v) is 5.80. The summed E-state index contributed by atoms with van der Waals surface area (Å²) in [6.07, 6.45) is 0. The Morgan fingerprint density at radius 2 is 1.68 bits per heavy atom. The first-order valence-electron chi connectivity index (χ1n) is 5.82.